The molecule has 0 saturated carbocycles. The van der Waals surface area contributed by atoms with Crippen molar-refractivity contribution in [2.45, 2.75) is 25.4 Å². The number of methoxy groups -OCH3 is 1. The summed E-state index contributed by atoms with van der Waals surface area (Å²) in [5.41, 5.74) is 4.60. The van der Waals surface area contributed by atoms with Gasteiger partial charge in [-0.1, -0.05) is 23.7 Å². The molecule has 2 aliphatic heterocycles. The lowest BCUT2D eigenvalue weighted by molar-refractivity contribution is 0.0855. The summed E-state index contributed by atoms with van der Waals surface area (Å²) in [6.07, 6.45) is 5.54. The highest BCUT2D eigenvalue weighted by Gasteiger charge is 2.31. The van der Waals surface area contributed by atoms with E-state index >= 15 is 0 Å². The first-order valence-corrected chi connectivity index (χ1v) is 12.3. The Kier molecular flexibility index (Phi) is 8.09. The molecule has 1 N–H and O–H groups in total. The van der Waals surface area contributed by atoms with E-state index in [1.54, 1.807) is 13.3 Å². The highest BCUT2D eigenvalue weighted by molar-refractivity contribution is 6.32. The number of nitrogens with one attached hydrogen (secondary N) is 1. The van der Waals surface area contributed by atoms with Crippen molar-refractivity contribution in [3.8, 4) is 22.6 Å². The van der Waals surface area contributed by atoms with Crippen LogP contribution in [-0.2, 0) is 13.0 Å². The number of nitrogens with zero attached hydrogens (tertiary/aromatic N) is 3. The van der Waals surface area contributed by atoms with Crippen molar-refractivity contribution in [1.29, 1.82) is 0 Å². The topological polar surface area (TPSA) is 72.4 Å². The lowest BCUT2D eigenvalue weighted by Crippen LogP contribution is -2.46. The molecule has 4 heterocycles. The third-order valence-corrected chi connectivity index (χ3v) is 7.73. The number of halogens is 3. The molecule has 1 fully saturated rings. The zero-order valence-corrected chi connectivity index (χ0v) is 23.0. The number of hydrogen-bond donors (Lipinski definition) is 1. The van der Waals surface area contributed by atoms with Crippen LogP contribution in [0.15, 0.2) is 48.8 Å². The number of likely N-dealkylation sites (N-methyl/N-ethyl adjacent to an activating group) is 1. The number of aromatic nitrogens is 3. The first-order chi connectivity index (χ1) is 17.0. The van der Waals surface area contributed by atoms with Crippen LogP contribution in [0.4, 0.5) is 0 Å². The van der Waals surface area contributed by atoms with Crippen LogP contribution in [0.1, 0.15) is 22.3 Å². The molecular weight excluding hydrogens is 535 g/mol. The van der Waals surface area contributed by atoms with Crippen LogP contribution in [0.5, 0.6) is 11.5 Å². The molecule has 0 radical (unpaired) electrons. The summed E-state index contributed by atoms with van der Waals surface area (Å²) in [6.45, 7) is 2.32. The number of carbonyl (C=O) groups is 1. The van der Waals surface area contributed by atoms with E-state index in [2.05, 4.69) is 32.8 Å². The number of benzene rings is 2. The fraction of sp³-hybridized carbons (Fsp3) is 0.333. The number of ether oxygens (including phenoxy) is 2. The minimum absolute atomic E-state index is 0. The molecule has 6 rings (SSSR count). The summed E-state index contributed by atoms with van der Waals surface area (Å²) in [6, 6.07) is 12.4. The highest BCUT2D eigenvalue weighted by Crippen LogP contribution is 2.35. The number of aromatic amines is 1. The average molecular weight is 564 g/mol. The van der Waals surface area contributed by atoms with Gasteiger partial charge in [0, 0.05) is 40.8 Å². The number of hydrogen-bond acceptors (Lipinski definition) is 5. The molecule has 0 bridgehead atoms. The quantitative estimate of drug-likeness (QED) is 0.306. The van der Waals surface area contributed by atoms with Gasteiger partial charge in [-0.2, -0.15) is 5.10 Å². The van der Waals surface area contributed by atoms with Crippen LogP contribution in [0.3, 0.4) is 0 Å². The number of carbonyl (C=O) groups excluding carboxylic acids is 1. The zero-order valence-electron chi connectivity index (χ0n) is 20.6. The van der Waals surface area contributed by atoms with Gasteiger partial charge >= 0.3 is 0 Å². The molecular formula is C27H29Cl3N4O3. The molecule has 2 aromatic carbocycles. The second kappa shape index (κ2) is 11.0. The molecule has 196 valence electrons. The number of fused-ring (bicyclic) bond motifs is 2. The molecule has 0 spiro atoms. The third kappa shape index (κ3) is 4.93. The number of ketones is 1. The van der Waals surface area contributed by atoms with Gasteiger partial charge in [-0.15, -0.1) is 24.8 Å². The molecule has 4 aromatic rings. The maximum atomic E-state index is 13.8. The monoisotopic (exact) mass is 562 g/mol. The van der Waals surface area contributed by atoms with Crippen molar-refractivity contribution in [1.82, 2.24) is 19.7 Å². The maximum Gasteiger partial charge on any atom is 0.171 e. The number of rotatable bonds is 6. The van der Waals surface area contributed by atoms with Crippen molar-refractivity contribution in [3.63, 3.8) is 0 Å². The van der Waals surface area contributed by atoms with Crippen LogP contribution in [0, 0.1) is 5.92 Å². The van der Waals surface area contributed by atoms with Gasteiger partial charge in [0.15, 0.2) is 5.78 Å². The Labute approximate surface area is 232 Å². The molecule has 2 aliphatic rings. The molecule has 0 amide bonds. The van der Waals surface area contributed by atoms with Gasteiger partial charge in [-0.05, 0) is 61.8 Å². The van der Waals surface area contributed by atoms with Crippen LogP contribution < -0.4 is 9.47 Å². The number of likely N-dealkylation sites (tertiary alicyclic amines) is 1. The average Bonchev–Trinajstić information content (AvgIpc) is 3.48. The molecule has 1 saturated heterocycles. The van der Waals surface area contributed by atoms with E-state index in [4.69, 9.17) is 21.1 Å². The summed E-state index contributed by atoms with van der Waals surface area (Å²) in [5.74, 6) is 1.46. The first kappa shape index (κ1) is 27.3. The number of Topliss-reactive ketones (excluding diaryl/α,β-unsaturated/α-hetero) is 1. The van der Waals surface area contributed by atoms with Gasteiger partial charge in [-0.3, -0.25) is 9.89 Å². The molecule has 10 heteroatoms. The van der Waals surface area contributed by atoms with Gasteiger partial charge < -0.3 is 18.9 Å². The summed E-state index contributed by atoms with van der Waals surface area (Å²) in [7, 11) is 3.79. The number of H-pyrrole nitrogens is 1. The molecule has 0 unspecified atom stereocenters. The van der Waals surface area contributed by atoms with E-state index < -0.39 is 0 Å². The summed E-state index contributed by atoms with van der Waals surface area (Å²) >= 11 is 6.31. The van der Waals surface area contributed by atoms with Crippen molar-refractivity contribution in [3.05, 3.63) is 65.1 Å². The zero-order chi connectivity index (χ0) is 24.1. The standard InChI is InChI=1S/C27H27ClN4O3.2ClH/c1-31-8-7-19(31)13-32-14-23(21-5-3-16(11-24(21)32)22-12-29-30-27(22)28)26(33)18-9-17-10-20(34-2)4-6-25(17)35-15-18;;/h3-6,10-12,14,18-19H,7-9,13,15H2,1-2H3,(H,29,30);2*1H/t18-,19+;;/m0../s1. The fourth-order valence-corrected chi connectivity index (χ4v) is 5.40. The minimum atomic E-state index is -0.247. The normalized spacial score (nSPS) is 18.7. The lowest BCUT2D eigenvalue weighted by atomic mass is 9.89. The molecule has 2 aromatic heterocycles. The second-order valence-corrected chi connectivity index (χ2v) is 9.88. The van der Waals surface area contributed by atoms with Crippen LogP contribution in [0.2, 0.25) is 5.15 Å². The van der Waals surface area contributed by atoms with Crippen molar-refractivity contribution < 1.29 is 14.3 Å². The van der Waals surface area contributed by atoms with E-state index in [1.165, 1.54) is 0 Å². The predicted octanol–water partition coefficient (Wildman–Crippen LogP) is 5.68. The Bertz CT molecular complexity index is 1430. The van der Waals surface area contributed by atoms with Crippen molar-refractivity contribution in [2.75, 3.05) is 27.3 Å². The second-order valence-electron chi connectivity index (χ2n) is 9.50. The van der Waals surface area contributed by atoms with Crippen LogP contribution in [0.25, 0.3) is 22.0 Å². The predicted molar refractivity (Wildman–Crippen MR) is 150 cm³/mol. The molecule has 37 heavy (non-hydrogen) atoms. The molecule has 7 nitrogen and oxygen atoms in total. The van der Waals surface area contributed by atoms with E-state index in [-0.39, 0.29) is 36.5 Å². The van der Waals surface area contributed by atoms with Gasteiger partial charge in [-0.25, -0.2) is 0 Å². The van der Waals surface area contributed by atoms with Gasteiger partial charge in [0.25, 0.3) is 0 Å². The van der Waals surface area contributed by atoms with Crippen molar-refractivity contribution in [2.24, 2.45) is 5.92 Å². The highest BCUT2D eigenvalue weighted by atomic mass is 35.5. The lowest BCUT2D eigenvalue weighted by Gasteiger charge is -2.38. The fourth-order valence-electron chi connectivity index (χ4n) is 5.19. The molecule has 2 atom stereocenters. The Balaban J connectivity index is 0.00000160. The summed E-state index contributed by atoms with van der Waals surface area (Å²) in [4.78, 5) is 16.2. The summed E-state index contributed by atoms with van der Waals surface area (Å²) < 4.78 is 13.6. The Morgan fingerprint density at radius 3 is 2.76 bits per heavy atom. The SMILES string of the molecule is COc1ccc2c(c1)C[C@H](C(=O)c1cn(C[C@H]3CCN3C)c3cc(-c4cn[nH]c4Cl)ccc13)CO2.Cl.Cl. The third-order valence-electron chi connectivity index (χ3n) is 7.44. The summed E-state index contributed by atoms with van der Waals surface area (Å²) in [5, 5.41) is 8.31. The Morgan fingerprint density at radius 2 is 2.08 bits per heavy atom. The Morgan fingerprint density at radius 1 is 1.24 bits per heavy atom. The van der Waals surface area contributed by atoms with E-state index in [9.17, 15) is 4.79 Å². The Hall–Kier alpha value is -2.71. The smallest absolute Gasteiger partial charge is 0.171 e. The van der Waals surface area contributed by atoms with E-state index in [0.717, 1.165) is 64.2 Å². The van der Waals surface area contributed by atoms with E-state index in [1.807, 2.05) is 36.5 Å². The van der Waals surface area contributed by atoms with Crippen molar-refractivity contribution >= 4 is 53.1 Å². The van der Waals surface area contributed by atoms with Gasteiger partial charge in [0.1, 0.15) is 16.7 Å². The maximum absolute atomic E-state index is 13.8. The minimum Gasteiger partial charge on any atom is -0.497 e. The molecule has 0 aliphatic carbocycles. The van der Waals surface area contributed by atoms with Gasteiger partial charge in [0.2, 0.25) is 0 Å². The van der Waals surface area contributed by atoms with Crippen LogP contribution >= 0.6 is 36.4 Å². The van der Waals surface area contributed by atoms with E-state index in [0.29, 0.717) is 24.2 Å². The van der Waals surface area contributed by atoms with Gasteiger partial charge in [0.05, 0.1) is 25.8 Å². The van der Waals surface area contributed by atoms with Crippen LogP contribution in [-0.4, -0.2) is 58.8 Å². The first-order valence-electron chi connectivity index (χ1n) is 11.9. The largest absolute Gasteiger partial charge is 0.497 e.